The van der Waals surface area contributed by atoms with Gasteiger partial charge in [-0.15, -0.1) is 0 Å². The molecule has 0 fully saturated rings. The second kappa shape index (κ2) is 5.17. The highest BCUT2D eigenvalue weighted by molar-refractivity contribution is 6.04. The van der Waals surface area contributed by atoms with E-state index in [0.717, 1.165) is 28.8 Å². The molecule has 0 saturated carbocycles. The molecule has 0 heterocycles. The molecule has 0 aliphatic heterocycles. The summed E-state index contributed by atoms with van der Waals surface area (Å²) in [5.41, 5.74) is 11.4. The molecule has 1 aliphatic carbocycles. The van der Waals surface area contributed by atoms with Gasteiger partial charge in [0.05, 0.1) is 0 Å². The predicted octanol–water partition coefficient (Wildman–Crippen LogP) is 3.74. The first-order valence-electron chi connectivity index (χ1n) is 5.94. The van der Waals surface area contributed by atoms with E-state index in [-0.39, 0.29) is 0 Å². The molecule has 1 aliphatic rings. The standard InChI is InChI=1S/C15H22N2/c1-9(2)12(6)13-8-7-11(5)14(13)15(16)17-10(3)4/h8-9H,3,6-7H2,1-2,4-5H3,(H2,16,17). The summed E-state index contributed by atoms with van der Waals surface area (Å²) in [6.45, 7) is 16.1. The van der Waals surface area contributed by atoms with Crippen molar-refractivity contribution in [3.05, 3.63) is 47.2 Å². The first kappa shape index (κ1) is 13.5. The van der Waals surface area contributed by atoms with Crippen LogP contribution < -0.4 is 5.73 Å². The highest BCUT2D eigenvalue weighted by Crippen LogP contribution is 2.33. The maximum Gasteiger partial charge on any atom is 0.131 e. The minimum Gasteiger partial charge on any atom is -0.383 e. The molecule has 92 valence electrons. The second-order valence-corrected chi connectivity index (χ2v) is 4.89. The maximum absolute atomic E-state index is 6.05. The van der Waals surface area contributed by atoms with Gasteiger partial charge in [0.2, 0.25) is 0 Å². The van der Waals surface area contributed by atoms with Crippen molar-refractivity contribution < 1.29 is 0 Å². The number of nitrogens with zero attached hydrogens (tertiary/aromatic N) is 1. The van der Waals surface area contributed by atoms with Crippen LogP contribution in [0.4, 0.5) is 0 Å². The van der Waals surface area contributed by atoms with Crippen LogP contribution in [-0.2, 0) is 0 Å². The van der Waals surface area contributed by atoms with Crippen LogP contribution >= 0.6 is 0 Å². The van der Waals surface area contributed by atoms with Crippen molar-refractivity contribution in [3.63, 3.8) is 0 Å². The smallest absolute Gasteiger partial charge is 0.131 e. The highest BCUT2D eigenvalue weighted by atomic mass is 14.9. The monoisotopic (exact) mass is 230 g/mol. The maximum atomic E-state index is 6.05. The number of hydrogen-bond acceptors (Lipinski definition) is 1. The van der Waals surface area contributed by atoms with Crippen LogP contribution in [0.2, 0.25) is 0 Å². The van der Waals surface area contributed by atoms with Gasteiger partial charge >= 0.3 is 0 Å². The lowest BCUT2D eigenvalue weighted by atomic mass is 9.92. The Kier molecular flexibility index (Phi) is 4.11. The topological polar surface area (TPSA) is 38.4 Å². The number of allylic oxidation sites excluding steroid dienone is 4. The van der Waals surface area contributed by atoms with Crippen LogP contribution in [0, 0.1) is 5.92 Å². The summed E-state index contributed by atoms with van der Waals surface area (Å²) < 4.78 is 0. The molecule has 0 aromatic carbocycles. The van der Waals surface area contributed by atoms with Gasteiger partial charge in [-0.3, -0.25) is 0 Å². The van der Waals surface area contributed by atoms with E-state index in [9.17, 15) is 0 Å². The zero-order chi connectivity index (χ0) is 13.2. The molecule has 0 spiro atoms. The fourth-order valence-corrected chi connectivity index (χ4v) is 1.91. The molecule has 0 aromatic heterocycles. The molecule has 1 rings (SSSR count). The van der Waals surface area contributed by atoms with Gasteiger partial charge in [0.1, 0.15) is 5.84 Å². The number of hydrogen-bond donors (Lipinski definition) is 1. The third kappa shape index (κ3) is 2.96. The Morgan fingerprint density at radius 2 is 2.00 bits per heavy atom. The Balaban J connectivity index is 3.13. The molecule has 0 bridgehead atoms. The van der Waals surface area contributed by atoms with Crippen molar-refractivity contribution in [1.82, 2.24) is 0 Å². The number of amidine groups is 1. The van der Waals surface area contributed by atoms with Gasteiger partial charge in [-0.25, -0.2) is 4.99 Å². The molecular formula is C15H22N2. The molecule has 0 unspecified atom stereocenters. The van der Waals surface area contributed by atoms with Gasteiger partial charge in [0.15, 0.2) is 0 Å². The van der Waals surface area contributed by atoms with Crippen LogP contribution in [-0.4, -0.2) is 5.84 Å². The predicted molar refractivity (Wildman–Crippen MR) is 75.8 cm³/mol. The lowest BCUT2D eigenvalue weighted by Gasteiger charge is -2.15. The molecule has 0 amide bonds. The van der Waals surface area contributed by atoms with Crippen LogP contribution in [0.3, 0.4) is 0 Å². The van der Waals surface area contributed by atoms with Gasteiger partial charge < -0.3 is 5.73 Å². The highest BCUT2D eigenvalue weighted by Gasteiger charge is 2.21. The van der Waals surface area contributed by atoms with E-state index in [2.05, 4.69) is 45.0 Å². The Bertz CT molecular complexity index is 446. The largest absolute Gasteiger partial charge is 0.383 e. The third-order valence-electron chi connectivity index (χ3n) is 2.92. The summed E-state index contributed by atoms with van der Waals surface area (Å²) in [4.78, 5) is 4.26. The summed E-state index contributed by atoms with van der Waals surface area (Å²) >= 11 is 0. The van der Waals surface area contributed by atoms with E-state index >= 15 is 0 Å². The van der Waals surface area contributed by atoms with Gasteiger partial charge in [-0.2, -0.15) is 0 Å². The van der Waals surface area contributed by atoms with E-state index in [1.165, 1.54) is 5.57 Å². The van der Waals surface area contributed by atoms with Crippen molar-refractivity contribution in [1.29, 1.82) is 0 Å². The Morgan fingerprint density at radius 3 is 2.47 bits per heavy atom. The summed E-state index contributed by atoms with van der Waals surface area (Å²) in [5.74, 6) is 0.973. The summed E-state index contributed by atoms with van der Waals surface area (Å²) in [5, 5.41) is 0. The molecule has 2 heteroatoms. The van der Waals surface area contributed by atoms with E-state index in [1.807, 2.05) is 6.92 Å². The Morgan fingerprint density at radius 1 is 1.41 bits per heavy atom. The number of aliphatic imine (C=N–C) groups is 1. The van der Waals surface area contributed by atoms with E-state index in [0.29, 0.717) is 11.8 Å². The molecule has 0 atom stereocenters. The summed E-state index contributed by atoms with van der Waals surface area (Å²) in [6.07, 6.45) is 3.12. The first-order valence-corrected chi connectivity index (χ1v) is 5.94. The molecule has 0 aromatic rings. The fourth-order valence-electron chi connectivity index (χ4n) is 1.91. The van der Waals surface area contributed by atoms with Crippen molar-refractivity contribution in [3.8, 4) is 0 Å². The Labute approximate surface area is 104 Å². The van der Waals surface area contributed by atoms with Crippen LogP contribution in [0.15, 0.2) is 52.2 Å². The fraction of sp³-hybridized carbons (Fsp3) is 0.400. The molecule has 0 saturated heterocycles. The van der Waals surface area contributed by atoms with E-state index in [4.69, 9.17) is 5.73 Å². The first-order chi connectivity index (χ1) is 7.84. The molecule has 17 heavy (non-hydrogen) atoms. The SMILES string of the molecule is C=C(C)/N=C(/N)C1=C(C)CC=C1C(=C)C(C)C. The van der Waals surface area contributed by atoms with Gasteiger partial charge in [0, 0.05) is 11.3 Å². The van der Waals surface area contributed by atoms with Crippen molar-refractivity contribution in [2.75, 3.05) is 0 Å². The van der Waals surface area contributed by atoms with E-state index in [1.54, 1.807) is 0 Å². The molecular weight excluding hydrogens is 208 g/mol. The van der Waals surface area contributed by atoms with Gasteiger partial charge in [0.25, 0.3) is 0 Å². The van der Waals surface area contributed by atoms with Crippen molar-refractivity contribution >= 4 is 5.84 Å². The second-order valence-electron chi connectivity index (χ2n) is 4.89. The van der Waals surface area contributed by atoms with Gasteiger partial charge in [-0.05, 0) is 37.3 Å². The minimum absolute atomic E-state index is 0.416. The minimum atomic E-state index is 0.416. The molecule has 2 N–H and O–H groups in total. The third-order valence-corrected chi connectivity index (χ3v) is 2.92. The zero-order valence-corrected chi connectivity index (χ0v) is 11.3. The molecule has 0 radical (unpaired) electrons. The van der Waals surface area contributed by atoms with Crippen LogP contribution in [0.1, 0.15) is 34.1 Å². The number of nitrogens with two attached hydrogens (primary N) is 1. The zero-order valence-electron chi connectivity index (χ0n) is 11.3. The lowest BCUT2D eigenvalue weighted by Crippen LogP contribution is -2.18. The average molecular weight is 230 g/mol. The summed E-state index contributed by atoms with van der Waals surface area (Å²) in [6, 6.07) is 0. The van der Waals surface area contributed by atoms with Crippen LogP contribution in [0.5, 0.6) is 0 Å². The number of rotatable bonds is 4. The quantitative estimate of drug-likeness (QED) is 0.580. The lowest BCUT2D eigenvalue weighted by molar-refractivity contribution is 0.785. The normalized spacial score (nSPS) is 16.5. The van der Waals surface area contributed by atoms with Gasteiger partial charge in [-0.1, -0.05) is 38.7 Å². The average Bonchev–Trinajstić information content (AvgIpc) is 2.57. The van der Waals surface area contributed by atoms with Crippen LogP contribution in [0.25, 0.3) is 0 Å². The van der Waals surface area contributed by atoms with Crippen molar-refractivity contribution in [2.45, 2.75) is 34.1 Å². The van der Waals surface area contributed by atoms with E-state index < -0.39 is 0 Å². The van der Waals surface area contributed by atoms with Crippen molar-refractivity contribution in [2.24, 2.45) is 16.6 Å². The summed E-state index contributed by atoms with van der Waals surface area (Å²) in [7, 11) is 0. The Hall–Kier alpha value is -1.57. The molecule has 2 nitrogen and oxygen atoms in total.